The van der Waals surface area contributed by atoms with Crippen molar-refractivity contribution >= 4 is 51.1 Å². The highest BCUT2D eigenvalue weighted by molar-refractivity contribution is 14.0. The Bertz CT molecular complexity index is 584. The smallest absolute Gasteiger partial charge is 0.191 e. The van der Waals surface area contributed by atoms with Crippen LogP contribution >= 0.6 is 35.3 Å². The highest BCUT2D eigenvalue weighted by atomic mass is 127. The molecule has 1 saturated heterocycles. The molecule has 1 atom stereocenters. The molecule has 0 bridgehead atoms. The van der Waals surface area contributed by atoms with Crippen molar-refractivity contribution in [1.29, 1.82) is 0 Å². The van der Waals surface area contributed by atoms with E-state index < -0.39 is 9.84 Å². The molecule has 1 aliphatic rings. The molecular weight excluding hydrogens is 421 g/mol. The van der Waals surface area contributed by atoms with E-state index in [2.05, 4.69) is 34.7 Å². The molecule has 2 heterocycles. The third kappa shape index (κ3) is 6.11. The fourth-order valence-electron chi connectivity index (χ4n) is 2.15. The van der Waals surface area contributed by atoms with Gasteiger partial charge in [0.2, 0.25) is 0 Å². The molecule has 0 aromatic carbocycles. The van der Waals surface area contributed by atoms with Gasteiger partial charge in [-0.25, -0.2) is 13.4 Å². The van der Waals surface area contributed by atoms with Gasteiger partial charge in [-0.15, -0.1) is 35.3 Å². The van der Waals surface area contributed by atoms with Crippen molar-refractivity contribution in [1.82, 2.24) is 10.6 Å². The number of aryl methyl sites for hydroxylation is 1. The lowest BCUT2D eigenvalue weighted by Crippen LogP contribution is -2.44. The SMILES string of the molecule is CCNC(=NCc1ccc(C)s1)NC1CCS(=O)(=O)C1.I. The van der Waals surface area contributed by atoms with Gasteiger partial charge in [-0.05, 0) is 32.4 Å². The van der Waals surface area contributed by atoms with Gasteiger partial charge in [0.25, 0.3) is 0 Å². The highest BCUT2D eigenvalue weighted by Gasteiger charge is 2.28. The fraction of sp³-hybridized carbons (Fsp3) is 0.615. The van der Waals surface area contributed by atoms with Crippen LogP contribution in [0.3, 0.4) is 0 Å². The number of hydrogen-bond acceptors (Lipinski definition) is 4. The van der Waals surface area contributed by atoms with E-state index in [0.717, 1.165) is 6.54 Å². The Morgan fingerprint density at radius 3 is 2.76 bits per heavy atom. The second-order valence-electron chi connectivity index (χ2n) is 4.95. The number of halogens is 1. The number of guanidine groups is 1. The van der Waals surface area contributed by atoms with Gasteiger partial charge in [0.1, 0.15) is 0 Å². The van der Waals surface area contributed by atoms with E-state index in [4.69, 9.17) is 0 Å². The zero-order chi connectivity index (χ0) is 14.6. The molecule has 0 spiro atoms. The van der Waals surface area contributed by atoms with Crippen LogP contribution in [-0.2, 0) is 16.4 Å². The van der Waals surface area contributed by atoms with Crippen LogP contribution in [0.2, 0.25) is 0 Å². The zero-order valence-electron chi connectivity index (χ0n) is 12.3. The van der Waals surface area contributed by atoms with Crippen molar-refractivity contribution in [3.8, 4) is 0 Å². The van der Waals surface area contributed by atoms with E-state index in [1.807, 2.05) is 6.92 Å². The third-order valence-corrected chi connectivity index (χ3v) is 5.86. The fourth-order valence-corrected chi connectivity index (χ4v) is 4.64. The molecule has 8 heteroatoms. The van der Waals surface area contributed by atoms with Crippen LogP contribution in [0.4, 0.5) is 0 Å². The van der Waals surface area contributed by atoms with Crippen molar-refractivity contribution in [2.24, 2.45) is 4.99 Å². The van der Waals surface area contributed by atoms with Crippen LogP contribution in [0, 0.1) is 6.92 Å². The molecule has 1 aromatic rings. The quantitative estimate of drug-likeness (QED) is 0.424. The van der Waals surface area contributed by atoms with Crippen LogP contribution in [0.5, 0.6) is 0 Å². The molecule has 0 amide bonds. The Morgan fingerprint density at radius 1 is 1.48 bits per heavy atom. The van der Waals surface area contributed by atoms with Gasteiger partial charge in [0, 0.05) is 22.3 Å². The van der Waals surface area contributed by atoms with E-state index in [9.17, 15) is 8.42 Å². The van der Waals surface area contributed by atoms with Gasteiger partial charge < -0.3 is 10.6 Å². The van der Waals surface area contributed by atoms with Crippen LogP contribution in [0.25, 0.3) is 0 Å². The standard InChI is InChI=1S/C13H21N3O2S2.HI/c1-3-14-13(15-8-12-5-4-10(2)19-12)16-11-6-7-20(17,18)9-11;/h4-5,11H,3,6-9H2,1-2H3,(H2,14,15,16);1H. The van der Waals surface area contributed by atoms with E-state index in [1.165, 1.54) is 9.75 Å². The van der Waals surface area contributed by atoms with Crippen molar-refractivity contribution < 1.29 is 8.42 Å². The van der Waals surface area contributed by atoms with Gasteiger partial charge >= 0.3 is 0 Å². The second kappa shape index (κ2) is 8.33. The lowest BCUT2D eigenvalue weighted by molar-refractivity contribution is 0.599. The third-order valence-electron chi connectivity index (χ3n) is 3.11. The van der Waals surface area contributed by atoms with Crippen molar-refractivity contribution in [2.75, 3.05) is 18.1 Å². The van der Waals surface area contributed by atoms with Gasteiger partial charge in [0.15, 0.2) is 15.8 Å². The average Bonchev–Trinajstić information content (AvgIpc) is 2.93. The van der Waals surface area contributed by atoms with E-state index in [-0.39, 0.29) is 41.5 Å². The minimum atomic E-state index is -2.86. The summed E-state index contributed by atoms with van der Waals surface area (Å²) in [6, 6.07) is 4.13. The molecule has 1 aromatic heterocycles. The summed E-state index contributed by atoms with van der Waals surface area (Å²) in [5.41, 5.74) is 0. The number of sulfone groups is 1. The zero-order valence-corrected chi connectivity index (χ0v) is 16.2. The maximum absolute atomic E-state index is 11.5. The lowest BCUT2D eigenvalue weighted by Gasteiger charge is -2.15. The molecule has 5 nitrogen and oxygen atoms in total. The Morgan fingerprint density at radius 2 is 2.24 bits per heavy atom. The van der Waals surface area contributed by atoms with Crippen LogP contribution in [-0.4, -0.2) is 38.5 Å². The van der Waals surface area contributed by atoms with E-state index in [0.29, 0.717) is 18.9 Å². The first-order valence-electron chi connectivity index (χ1n) is 6.79. The van der Waals surface area contributed by atoms with Crippen LogP contribution in [0.15, 0.2) is 17.1 Å². The Kier molecular flexibility index (Phi) is 7.41. The Balaban J connectivity index is 0.00000220. The normalized spacial score (nSPS) is 20.9. The topological polar surface area (TPSA) is 70.6 Å². The van der Waals surface area contributed by atoms with Gasteiger partial charge in [-0.3, -0.25) is 0 Å². The second-order valence-corrected chi connectivity index (χ2v) is 8.55. The van der Waals surface area contributed by atoms with Crippen LogP contribution < -0.4 is 10.6 Å². The largest absolute Gasteiger partial charge is 0.357 e. The van der Waals surface area contributed by atoms with Crippen molar-refractivity contribution in [3.63, 3.8) is 0 Å². The number of rotatable bonds is 4. The minimum Gasteiger partial charge on any atom is -0.357 e. The summed E-state index contributed by atoms with van der Waals surface area (Å²) < 4.78 is 22.9. The molecule has 0 radical (unpaired) electrons. The maximum atomic E-state index is 11.5. The first kappa shape index (κ1) is 18.7. The summed E-state index contributed by atoms with van der Waals surface area (Å²) in [6.07, 6.45) is 0.658. The average molecular weight is 443 g/mol. The van der Waals surface area contributed by atoms with Crippen LogP contribution in [0.1, 0.15) is 23.1 Å². The van der Waals surface area contributed by atoms with Gasteiger partial charge in [-0.1, -0.05) is 0 Å². The summed E-state index contributed by atoms with van der Waals surface area (Å²) >= 11 is 1.73. The minimum absolute atomic E-state index is 0. The Hall–Kier alpha value is -0.350. The number of nitrogens with zero attached hydrogens (tertiary/aromatic N) is 1. The molecule has 1 aliphatic heterocycles. The molecular formula is C13H22IN3O2S2. The molecule has 2 N–H and O–H groups in total. The van der Waals surface area contributed by atoms with Gasteiger partial charge in [0.05, 0.1) is 18.1 Å². The molecule has 1 unspecified atom stereocenters. The first-order valence-corrected chi connectivity index (χ1v) is 9.43. The predicted molar refractivity (Wildman–Crippen MR) is 99.5 cm³/mol. The lowest BCUT2D eigenvalue weighted by atomic mass is 10.3. The van der Waals surface area contributed by atoms with Crippen molar-refractivity contribution in [2.45, 2.75) is 32.9 Å². The Labute approximate surface area is 147 Å². The molecule has 0 aliphatic carbocycles. The van der Waals surface area contributed by atoms with E-state index in [1.54, 1.807) is 11.3 Å². The number of thiophene rings is 1. The highest BCUT2D eigenvalue weighted by Crippen LogP contribution is 2.16. The molecule has 120 valence electrons. The number of nitrogens with one attached hydrogen (secondary N) is 2. The summed E-state index contributed by atoms with van der Waals surface area (Å²) in [7, 11) is -2.86. The predicted octanol–water partition coefficient (Wildman–Crippen LogP) is 1.92. The maximum Gasteiger partial charge on any atom is 0.191 e. The molecule has 21 heavy (non-hydrogen) atoms. The summed E-state index contributed by atoms with van der Waals surface area (Å²) in [5.74, 6) is 1.17. The molecule has 1 fully saturated rings. The number of aliphatic imine (C=N–C) groups is 1. The summed E-state index contributed by atoms with van der Waals surface area (Å²) in [4.78, 5) is 7.00. The van der Waals surface area contributed by atoms with E-state index >= 15 is 0 Å². The summed E-state index contributed by atoms with van der Waals surface area (Å²) in [6.45, 7) is 5.45. The monoisotopic (exact) mass is 443 g/mol. The first-order chi connectivity index (χ1) is 9.48. The van der Waals surface area contributed by atoms with Gasteiger partial charge in [-0.2, -0.15) is 0 Å². The molecule has 0 saturated carbocycles. The number of hydrogen-bond donors (Lipinski definition) is 2. The van der Waals surface area contributed by atoms with Crippen molar-refractivity contribution in [3.05, 3.63) is 21.9 Å². The molecule has 2 rings (SSSR count). The summed E-state index contributed by atoms with van der Waals surface area (Å²) in [5, 5.41) is 6.38.